The van der Waals surface area contributed by atoms with Gasteiger partial charge in [0.15, 0.2) is 0 Å². The lowest BCUT2D eigenvalue weighted by atomic mass is 9.74. The molecule has 2 unspecified atom stereocenters. The minimum atomic E-state index is -0.318. The fraction of sp³-hybridized carbons (Fsp3) is 0.0690. The minimum Gasteiger partial charge on any atom is -0.310 e. The third kappa shape index (κ3) is 5.04. The summed E-state index contributed by atoms with van der Waals surface area (Å²) in [7, 11) is 0. The maximum Gasteiger partial charge on any atom is 0.0467 e. The van der Waals surface area contributed by atoms with Gasteiger partial charge in [0.1, 0.15) is 0 Å². The highest BCUT2D eigenvalue weighted by Gasteiger charge is 2.43. The van der Waals surface area contributed by atoms with E-state index in [1.807, 2.05) is 11.3 Å². The van der Waals surface area contributed by atoms with E-state index in [1.165, 1.54) is 86.9 Å². The molecule has 2 atom stereocenters. The maximum atomic E-state index is 2.49. The van der Waals surface area contributed by atoms with E-state index in [2.05, 4.69) is 231 Å². The van der Waals surface area contributed by atoms with E-state index in [4.69, 9.17) is 0 Å². The van der Waals surface area contributed by atoms with Crippen LogP contribution in [0.2, 0.25) is 0 Å². The number of hydrogen-bond acceptors (Lipinski definition) is 2. The lowest BCUT2D eigenvalue weighted by Crippen LogP contribution is -2.23. The SMILES string of the molecule is CC1(c2ccccc2)c2ccccc2-c2ccc(N(c3cccc(-c4ccc5c(c4)sc4ccccc45)c3)c3ccc4c(c3)C(C)(c3ccccc3)c3ccccc3-4)cc21. The number of thiophene rings is 1. The van der Waals surface area contributed by atoms with Gasteiger partial charge in [-0.25, -0.2) is 0 Å². The van der Waals surface area contributed by atoms with Crippen LogP contribution in [-0.2, 0) is 10.8 Å². The number of benzene rings is 9. The second kappa shape index (κ2) is 13.3. The number of nitrogens with zero attached hydrogens (tertiary/aromatic N) is 1. The van der Waals surface area contributed by atoms with Gasteiger partial charge in [0.25, 0.3) is 0 Å². The standard InChI is InChI=1S/C58H41NS/c1-57(40-17-5-3-6-18-40)51-25-12-9-22-45(51)47-32-29-43(36-53(47)57)59(42-21-15-16-38(34-42)39-28-31-50-49-24-11-14-27-55(49)60-56(50)35-39)44-30-33-48-46-23-10-13-26-52(46)58(2,54(48)37-44)41-19-7-4-8-20-41/h3-37H,1-2H3. The first kappa shape index (κ1) is 35.0. The summed E-state index contributed by atoms with van der Waals surface area (Å²) in [5.74, 6) is 0. The first-order valence-electron chi connectivity index (χ1n) is 20.9. The van der Waals surface area contributed by atoms with Crippen molar-refractivity contribution in [2.75, 3.05) is 4.90 Å². The van der Waals surface area contributed by atoms with E-state index in [-0.39, 0.29) is 10.8 Å². The molecule has 0 N–H and O–H groups in total. The number of fused-ring (bicyclic) bond motifs is 9. The van der Waals surface area contributed by atoms with Gasteiger partial charge < -0.3 is 4.90 Å². The van der Waals surface area contributed by atoms with Crippen LogP contribution in [0.25, 0.3) is 53.6 Å². The van der Waals surface area contributed by atoms with Crippen LogP contribution in [0.1, 0.15) is 47.2 Å². The summed E-state index contributed by atoms with van der Waals surface area (Å²) >= 11 is 1.87. The molecule has 0 spiro atoms. The molecule has 0 fully saturated rings. The summed E-state index contributed by atoms with van der Waals surface area (Å²) in [5, 5.41) is 2.64. The van der Waals surface area contributed by atoms with Crippen molar-refractivity contribution in [2.45, 2.75) is 24.7 Å². The summed E-state index contributed by atoms with van der Waals surface area (Å²) in [4.78, 5) is 2.49. The molecule has 1 aromatic heterocycles. The van der Waals surface area contributed by atoms with Crippen LogP contribution in [0.3, 0.4) is 0 Å². The van der Waals surface area contributed by atoms with E-state index in [1.54, 1.807) is 0 Å². The van der Waals surface area contributed by atoms with Gasteiger partial charge in [-0.3, -0.25) is 0 Å². The van der Waals surface area contributed by atoms with Crippen molar-refractivity contribution in [1.29, 1.82) is 0 Å². The van der Waals surface area contributed by atoms with E-state index in [0.29, 0.717) is 0 Å². The average Bonchev–Trinajstić information content (AvgIpc) is 3.91. The van der Waals surface area contributed by atoms with E-state index >= 15 is 0 Å². The predicted octanol–water partition coefficient (Wildman–Crippen LogP) is 15.9. The molecule has 284 valence electrons. The van der Waals surface area contributed by atoms with Gasteiger partial charge in [-0.1, -0.05) is 164 Å². The monoisotopic (exact) mass is 783 g/mol. The third-order valence-electron chi connectivity index (χ3n) is 13.6. The number of rotatable bonds is 6. The second-order valence-electron chi connectivity index (χ2n) is 16.7. The van der Waals surface area contributed by atoms with Crippen LogP contribution in [0.4, 0.5) is 17.1 Å². The molecule has 0 radical (unpaired) electrons. The van der Waals surface area contributed by atoms with E-state index in [9.17, 15) is 0 Å². The van der Waals surface area contributed by atoms with Crippen molar-refractivity contribution < 1.29 is 0 Å². The van der Waals surface area contributed by atoms with Crippen molar-refractivity contribution in [2.24, 2.45) is 0 Å². The first-order valence-corrected chi connectivity index (χ1v) is 21.7. The average molecular weight is 784 g/mol. The van der Waals surface area contributed by atoms with Crippen LogP contribution in [-0.4, -0.2) is 0 Å². The van der Waals surface area contributed by atoms with Gasteiger partial charge in [0, 0.05) is 48.1 Å². The van der Waals surface area contributed by atoms with Gasteiger partial charge in [-0.15, -0.1) is 11.3 Å². The molecule has 2 heteroatoms. The Morgan fingerprint density at radius 3 is 1.43 bits per heavy atom. The Morgan fingerprint density at radius 2 is 0.817 bits per heavy atom. The Labute approximate surface area is 355 Å². The largest absolute Gasteiger partial charge is 0.310 e. The Balaban J connectivity index is 1.07. The van der Waals surface area contributed by atoms with Gasteiger partial charge in [0.2, 0.25) is 0 Å². The highest BCUT2D eigenvalue weighted by molar-refractivity contribution is 7.25. The van der Waals surface area contributed by atoms with Crippen LogP contribution in [0.5, 0.6) is 0 Å². The summed E-state index contributed by atoms with van der Waals surface area (Å²) in [5.41, 5.74) is 18.3. The van der Waals surface area contributed by atoms with Crippen molar-refractivity contribution >= 4 is 48.6 Å². The Hall–Kier alpha value is -7.00. The molecule has 0 amide bonds. The highest BCUT2D eigenvalue weighted by Crippen LogP contribution is 2.56. The molecule has 60 heavy (non-hydrogen) atoms. The lowest BCUT2D eigenvalue weighted by Gasteiger charge is -2.32. The van der Waals surface area contributed by atoms with Crippen molar-refractivity contribution in [3.8, 4) is 33.4 Å². The zero-order chi connectivity index (χ0) is 40.0. The molecule has 0 aliphatic heterocycles. The van der Waals surface area contributed by atoms with Crippen LogP contribution in [0.15, 0.2) is 212 Å². The van der Waals surface area contributed by atoms with Gasteiger partial charge >= 0.3 is 0 Å². The number of hydrogen-bond donors (Lipinski definition) is 0. The number of anilines is 3. The fourth-order valence-corrected chi connectivity index (χ4v) is 11.7. The molecule has 2 aliphatic carbocycles. The van der Waals surface area contributed by atoms with Crippen molar-refractivity contribution in [3.05, 3.63) is 246 Å². The maximum absolute atomic E-state index is 2.49. The first-order chi connectivity index (χ1) is 29.5. The molecule has 2 aliphatic rings. The molecule has 0 bridgehead atoms. The minimum absolute atomic E-state index is 0.318. The normalized spacial score (nSPS) is 17.3. The van der Waals surface area contributed by atoms with Crippen molar-refractivity contribution in [3.63, 3.8) is 0 Å². The van der Waals surface area contributed by atoms with Crippen LogP contribution >= 0.6 is 11.3 Å². The quantitative estimate of drug-likeness (QED) is 0.162. The summed E-state index contributed by atoms with van der Waals surface area (Å²) < 4.78 is 2.64. The molecule has 10 aromatic rings. The predicted molar refractivity (Wildman–Crippen MR) is 254 cm³/mol. The third-order valence-corrected chi connectivity index (χ3v) is 14.8. The van der Waals surface area contributed by atoms with Gasteiger partial charge in [-0.2, -0.15) is 0 Å². The van der Waals surface area contributed by atoms with Crippen molar-refractivity contribution in [1.82, 2.24) is 0 Å². The molecule has 0 saturated heterocycles. The zero-order valence-electron chi connectivity index (χ0n) is 33.6. The summed E-state index contributed by atoms with van der Waals surface area (Å²) in [6.45, 7) is 4.81. The van der Waals surface area contributed by atoms with E-state index < -0.39 is 0 Å². The molecule has 12 rings (SSSR count). The Bertz CT molecular complexity index is 3160. The molecular formula is C58H41NS. The summed E-state index contributed by atoms with van der Waals surface area (Å²) in [6, 6.07) is 79.2. The van der Waals surface area contributed by atoms with Crippen LogP contribution < -0.4 is 4.90 Å². The molecule has 9 aromatic carbocycles. The summed E-state index contributed by atoms with van der Waals surface area (Å²) in [6.07, 6.45) is 0. The highest BCUT2D eigenvalue weighted by atomic mass is 32.1. The lowest BCUT2D eigenvalue weighted by molar-refractivity contribution is 0.713. The molecule has 1 heterocycles. The Morgan fingerprint density at radius 1 is 0.333 bits per heavy atom. The van der Waals surface area contributed by atoms with Crippen LogP contribution in [0, 0.1) is 0 Å². The Kier molecular flexibility index (Phi) is 7.73. The van der Waals surface area contributed by atoms with E-state index in [0.717, 1.165) is 17.1 Å². The fourth-order valence-electron chi connectivity index (χ4n) is 10.6. The second-order valence-corrected chi connectivity index (χ2v) is 17.8. The molecular weight excluding hydrogens is 743 g/mol. The molecule has 1 nitrogen and oxygen atoms in total. The zero-order valence-corrected chi connectivity index (χ0v) is 34.4. The van der Waals surface area contributed by atoms with Gasteiger partial charge in [-0.05, 0) is 129 Å². The molecule has 0 saturated carbocycles. The van der Waals surface area contributed by atoms with Gasteiger partial charge in [0.05, 0.1) is 0 Å². The topological polar surface area (TPSA) is 3.24 Å². The smallest absolute Gasteiger partial charge is 0.0467 e.